The normalized spacial score (nSPS) is 15.8. The van der Waals surface area contributed by atoms with Crippen LogP contribution in [0.1, 0.15) is 36.9 Å². The molecule has 1 heterocycles. The molecule has 0 spiro atoms. The molecular weight excluding hydrogens is 373 g/mol. The summed E-state index contributed by atoms with van der Waals surface area (Å²) in [5.41, 5.74) is 1.63. The van der Waals surface area contributed by atoms with E-state index in [1.165, 1.54) is 16.0 Å². The Labute approximate surface area is 169 Å². The first-order valence-corrected chi connectivity index (χ1v) is 9.47. The zero-order valence-corrected chi connectivity index (χ0v) is 16.8. The number of hydrazone groups is 1. The summed E-state index contributed by atoms with van der Waals surface area (Å²) in [5.74, 6) is -0.239. The molecule has 2 amide bonds. The van der Waals surface area contributed by atoms with Crippen molar-refractivity contribution in [3.63, 3.8) is 0 Å². The number of ether oxygens (including phenoxy) is 1. The van der Waals surface area contributed by atoms with Gasteiger partial charge in [-0.05, 0) is 12.1 Å². The SMILES string of the molecule is CCC(=O)N(C)CC(=O)N1N=C(c2ccccc2F)CC1c1ccccc1OC. The summed E-state index contributed by atoms with van der Waals surface area (Å²) in [6.45, 7) is 1.64. The molecule has 3 rings (SSSR count). The number of amides is 2. The number of hydrogen-bond donors (Lipinski definition) is 0. The van der Waals surface area contributed by atoms with E-state index in [9.17, 15) is 14.0 Å². The molecule has 0 aliphatic carbocycles. The molecule has 0 radical (unpaired) electrons. The van der Waals surface area contributed by atoms with Crippen LogP contribution in [0.5, 0.6) is 5.75 Å². The topological polar surface area (TPSA) is 62.2 Å². The van der Waals surface area contributed by atoms with Gasteiger partial charge in [-0.15, -0.1) is 0 Å². The van der Waals surface area contributed by atoms with E-state index in [0.717, 1.165) is 5.56 Å². The maximum atomic E-state index is 14.3. The third kappa shape index (κ3) is 4.29. The lowest BCUT2D eigenvalue weighted by molar-refractivity contribution is -0.140. The number of methoxy groups -OCH3 is 1. The van der Waals surface area contributed by atoms with E-state index < -0.39 is 11.9 Å². The number of hydrogen-bond acceptors (Lipinski definition) is 4. The van der Waals surface area contributed by atoms with Crippen LogP contribution in [0.25, 0.3) is 0 Å². The van der Waals surface area contributed by atoms with Gasteiger partial charge in [0.1, 0.15) is 18.1 Å². The smallest absolute Gasteiger partial charge is 0.262 e. The van der Waals surface area contributed by atoms with Crippen molar-refractivity contribution in [3.05, 3.63) is 65.5 Å². The van der Waals surface area contributed by atoms with Crippen molar-refractivity contribution < 1.29 is 18.7 Å². The quantitative estimate of drug-likeness (QED) is 0.751. The van der Waals surface area contributed by atoms with Crippen LogP contribution in [0.2, 0.25) is 0 Å². The fourth-order valence-corrected chi connectivity index (χ4v) is 3.42. The molecule has 0 fully saturated rings. The van der Waals surface area contributed by atoms with Crippen molar-refractivity contribution in [2.24, 2.45) is 5.10 Å². The molecule has 2 aromatic carbocycles. The van der Waals surface area contributed by atoms with Crippen LogP contribution in [-0.2, 0) is 9.59 Å². The van der Waals surface area contributed by atoms with E-state index in [1.54, 1.807) is 39.3 Å². The predicted molar refractivity (Wildman–Crippen MR) is 108 cm³/mol. The van der Waals surface area contributed by atoms with Gasteiger partial charge < -0.3 is 9.64 Å². The second-order valence-electron chi connectivity index (χ2n) is 6.83. The summed E-state index contributed by atoms with van der Waals surface area (Å²) in [6.07, 6.45) is 0.655. The van der Waals surface area contributed by atoms with Gasteiger partial charge in [0, 0.05) is 31.0 Å². The average molecular weight is 397 g/mol. The van der Waals surface area contributed by atoms with Crippen LogP contribution < -0.4 is 4.74 Å². The minimum absolute atomic E-state index is 0.105. The Hall–Kier alpha value is -3.22. The molecule has 0 saturated heterocycles. The van der Waals surface area contributed by atoms with Gasteiger partial charge in [-0.3, -0.25) is 9.59 Å². The van der Waals surface area contributed by atoms with Crippen LogP contribution >= 0.6 is 0 Å². The number of para-hydroxylation sites is 1. The third-order valence-corrected chi connectivity index (χ3v) is 4.95. The standard InChI is InChI=1S/C22H24FN3O3/c1-4-21(27)25(2)14-22(28)26-19(16-10-6-8-12-20(16)29-3)13-18(24-26)15-9-5-7-11-17(15)23/h5-12,19H,4,13-14H2,1-3H3. The molecular formula is C22H24FN3O3. The van der Waals surface area contributed by atoms with Crippen LogP contribution in [0.15, 0.2) is 53.6 Å². The first kappa shape index (κ1) is 20.5. The number of halogens is 1. The molecule has 6 nitrogen and oxygen atoms in total. The lowest BCUT2D eigenvalue weighted by Crippen LogP contribution is -2.39. The molecule has 1 aliphatic heterocycles. The van der Waals surface area contributed by atoms with E-state index >= 15 is 0 Å². The molecule has 0 aromatic heterocycles. The zero-order valence-electron chi connectivity index (χ0n) is 16.8. The van der Waals surface area contributed by atoms with E-state index in [2.05, 4.69) is 5.10 Å². The molecule has 2 aromatic rings. The number of rotatable bonds is 6. The molecule has 152 valence electrons. The van der Waals surface area contributed by atoms with E-state index in [0.29, 0.717) is 29.9 Å². The zero-order chi connectivity index (χ0) is 21.0. The molecule has 1 unspecified atom stereocenters. The Bertz CT molecular complexity index is 944. The fourth-order valence-electron chi connectivity index (χ4n) is 3.42. The highest BCUT2D eigenvalue weighted by molar-refractivity contribution is 6.03. The number of likely N-dealkylation sites (N-methyl/N-ethyl adjacent to an activating group) is 1. The highest BCUT2D eigenvalue weighted by Crippen LogP contribution is 2.37. The Kier molecular flexibility index (Phi) is 6.26. The molecule has 7 heteroatoms. The van der Waals surface area contributed by atoms with Crippen molar-refractivity contribution in [2.45, 2.75) is 25.8 Å². The molecule has 1 aliphatic rings. The van der Waals surface area contributed by atoms with Gasteiger partial charge in [-0.1, -0.05) is 43.3 Å². The molecule has 1 atom stereocenters. The predicted octanol–water partition coefficient (Wildman–Crippen LogP) is 3.38. The number of benzene rings is 2. The highest BCUT2D eigenvalue weighted by atomic mass is 19.1. The fraction of sp³-hybridized carbons (Fsp3) is 0.318. The highest BCUT2D eigenvalue weighted by Gasteiger charge is 2.35. The summed E-state index contributed by atoms with van der Waals surface area (Å²) in [4.78, 5) is 26.3. The van der Waals surface area contributed by atoms with Gasteiger partial charge in [0.2, 0.25) is 5.91 Å². The van der Waals surface area contributed by atoms with E-state index in [1.807, 2.05) is 24.3 Å². The van der Waals surface area contributed by atoms with Gasteiger partial charge in [0.15, 0.2) is 0 Å². The van der Waals surface area contributed by atoms with Crippen molar-refractivity contribution in [1.82, 2.24) is 9.91 Å². The molecule has 0 bridgehead atoms. The van der Waals surface area contributed by atoms with Crippen molar-refractivity contribution in [2.75, 3.05) is 20.7 Å². The summed E-state index contributed by atoms with van der Waals surface area (Å²) in [6, 6.07) is 13.3. The Morgan fingerprint density at radius 2 is 1.90 bits per heavy atom. The number of nitrogens with zero attached hydrogens (tertiary/aromatic N) is 3. The Morgan fingerprint density at radius 1 is 1.21 bits per heavy atom. The minimum Gasteiger partial charge on any atom is -0.496 e. The monoisotopic (exact) mass is 397 g/mol. The second kappa shape index (κ2) is 8.86. The van der Waals surface area contributed by atoms with E-state index in [4.69, 9.17) is 4.74 Å². The van der Waals surface area contributed by atoms with Crippen LogP contribution in [0, 0.1) is 5.82 Å². The van der Waals surface area contributed by atoms with Crippen LogP contribution in [0.3, 0.4) is 0 Å². The van der Waals surface area contributed by atoms with Crippen LogP contribution in [-0.4, -0.2) is 48.1 Å². The van der Waals surface area contributed by atoms with Gasteiger partial charge in [0.05, 0.1) is 18.9 Å². The molecule has 29 heavy (non-hydrogen) atoms. The Morgan fingerprint density at radius 3 is 2.59 bits per heavy atom. The maximum absolute atomic E-state index is 14.3. The average Bonchev–Trinajstić information content (AvgIpc) is 3.18. The first-order chi connectivity index (χ1) is 14.0. The molecule has 0 saturated carbocycles. The van der Waals surface area contributed by atoms with Gasteiger partial charge in [-0.2, -0.15) is 5.10 Å². The van der Waals surface area contributed by atoms with Crippen molar-refractivity contribution in [3.8, 4) is 5.75 Å². The van der Waals surface area contributed by atoms with Gasteiger partial charge in [-0.25, -0.2) is 9.40 Å². The summed E-state index contributed by atoms with van der Waals surface area (Å²) in [5, 5.41) is 5.80. The lowest BCUT2D eigenvalue weighted by Gasteiger charge is -2.25. The number of carbonyl (C=O) groups excluding carboxylic acids is 2. The lowest BCUT2D eigenvalue weighted by atomic mass is 9.97. The maximum Gasteiger partial charge on any atom is 0.262 e. The number of carbonyl (C=O) groups is 2. The van der Waals surface area contributed by atoms with E-state index in [-0.39, 0.29) is 18.4 Å². The van der Waals surface area contributed by atoms with Crippen molar-refractivity contribution >= 4 is 17.5 Å². The summed E-state index contributed by atoms with van der Waals surface area (Å²) >= 11 is 0. The second-order valence-corrected chi connectivity index (χ2v) is 6.83. The van der Waals surface area contributed by atoms with Gasteiger partial charge >= 0.3 is 0 Å². The van der Waals surface area contributed by atoms with Crippen LogP contribution in [0.4, 0.5) is 4.39 Å². The summed E-state index contributed by atoms with van der Waals surface area (Å²) in [7, 11) is 3.14. The summed E-state index contributed by atoms with van der Waals surface area (Å²) < 4.78 is 19.8. The largest absolute Gasteiger partial charge is 0.496 e. The first-order valence-electron chi connectivity index (χ1n) is 9.47. The van der Waals surface area contributed by atoms with Gasteiger partial charge in [0.25, 0.3) is 5.91 Å². The third-order valence-electron chi connectivity index (χ3n) is 4.95. The Balaban J connectivity index is 1.97. The molecule has 0 N–H and O–H groups in total. The van der Waals surface area contributed by atoms with Crippen molar-refractivity contribution in [1.29, 1.82) is 0 Å². The minimum atomic E-state index is -0.446.